The van der Waals surface area contributed by atoms with E-state index in [0.29, 0.717) is 31.9 Å². The van der Waals surface area contributed by atoms with E-state index in [-0.39, 0.29) is 17.3 Å². The van der Waals surface area contributed by atoms with Crippen molar-refractivity contribution in [2.75, 3.05) is 5.32 Å². The molecule has 1 aliphatic rings. The number of thiophene rings is 1. The number of hydrogen-bond acceptors (Lipinski definition) is 5. The molecular formula is C25H18FN3O2S2. The number of amides is 1. The van der Waals surface area contributed by atoms with Gasteiger partial charge in [0.1, 0.15) is 5.82 Å². The number of fused-ring (bicyclic) bond motifs is 1. The van der Waals surface area contributed by atoms with Crippen molar-refractivity contribution in [2.45, 2.75) is 13.0 Å². The summed E-state index contributed by atoms with van der Waals surface area (Å²) in [6.45, 7) is 1.76. The largest absolute Gasteiger partial charge is 0.322 e. The molecule has 3 heterocycles. The van der Waals surface area contributed by atoms with Crippen LogP contribution < -0.4 is 20.2 Å². The van der Waals surface area contributed by atoms with Crippen molar-refractivity contribution in [1.29, 1.82) is 0 Å². The van der Waals surface area contributed by atoms with E-state index in [1.54, 1.807) is 42.5 Å². The van der Waals surface area contributed by atoms with Gasteiger partial charge in [0.2, 0.25) is 0 Å². The maximum atomic E-state index is 13.7. The van der Waals surface area contributed by atoms with Crippen molar-refractivity contribution in [2.24, 2.45) is 4.99 Å². The maximum absolute atomic E-state index is 13.7. The minimum absolute atomic E-state index is 0.239. The highest BCUT2D eigenvalue weighted by atomic mass is 32.1. The number of nitrogens with one attached hydrogen (secondary N) is 1. The lowest BCUT2D eigenvalue weighted by Crippen LogP contribution is -2.40. The zero-order valence-electron chi connectivity index (χ0n) is 17.5. The molecule has 8 heteroatoms. The van der Waals surface area contributed by atoms with E-state index in [4.69, 9.17) is 0 Å². The van der Waals surface area contributed by atoms with E-state index in [0.717, 1.165) is 5.56 Å². The summed E-state index contributed by atoms with van der Waals surface area (Å²) in [7, 11) is 0. The normalized spacial score (nSPS) is 15.8. The van der Waals surface area contributed by atoms with E-state index < -0.39 is 6.04 Å². The summed E-state index contributed by atoms with van der Waals surface area (Å²) in [6, 6.07) is 16.2. The van der Waals surface area contributed by atoms with Gasteiger partial charge in [0.05, 0.1) is 21.8 Å². The number of carbonyl (C=O) groups excluding carboxylic acids is 1. The molecule has 0 fully saturated rings. The van der Waals surface area contributed by atoms with Crippen molar-refractivity contribution in [1.82, 2.24) is 4.57 Å². The van der Waals surface area contributed by atoms with Gasteiger partial charge in [-0.05, 0) is 65.2 Å². The Morgan fingerprint density at radius 1 is 1.12 bits per heavy atom. The summed E-state index contributed by atoms with van der Waals surface area (Å²) in [4.78, 5) is 32.0. The molecule has 0 radical (unpaired) electrons. The predicted molar refractivity (Wildman–Crippen MR) is 130 cm³/mol. The quantitative estimate of drug-likeness (QED) is 0.484. The summed E-state index contributed by atoms with van der Waals surface area (Å²) >= 11 is 2.82. The molecule has 1 atom stereocenters. The van der Waals surface area contributed by atoms with Crippen molar-refractivity contribution in [3.63, 3.8) is 0 Å². The number of halogens is 1. The van der Waals surface area contributed by atoms with Crippen LogP contribution in [0.1, 0.15) is 24.1 Å². The SMILES string of the molecule is CC1=C(C(=O)Nc2ccccc2)C(c2ccc(F)cc2)n2c(sc(=Cc3ccsc3)c2=O)=N1. The van der Waals surface area contributed by atoms with E-state index >= 15 is 0 Å². The maximum Gasteiger partial charge on any atom is 0.271 e. The molecule has 2 aromatic heterocycles. The Morgan fingerprint density at radius 3 is 2.58 bits per heavy atom. The Labute approximate surface area is 196 Å². The standard InChI is InChI=1S/C25H18FN3O2S2/c1-15-21(23(30)28-19-5-3-2-4-6-19)22(17-7-9-18(26)10-8-17)29-24(31)20(33-25(29)27-15)13-16-11-12-32-14-16/h2-14,22H,1H3,(H,28,30). The van der Waals surface area contributed by atoms with E-state index in [1.165, 1.54) is 28.0 Å². The fourth-order valence-corrected chi connectivity index (χ4v) is 5.47. The van der Waals surface area contributed by atoms with Crippen molar-refractivity contribution >= 4 is 40.3 Å². The topological polar surface area (TPSA) is 63.5 Å². The second-order valence-electron chi connectivity index (χ2n) is 7.51. The highest BCUT2D eigenvalue weighted by Gasteiger charge is 2.32. The molecule has 1 aliphatic heterocycles. The second kappa shape index (κ2) is 8.73. The van der Waals surface area contributed by atoms with Gasteiger partial charge in [0, 0.05) is 5.69 Å². The average molecular weight is 476 g/mol. The molecule has 5 rings (SSSR count). The lowest BCUT2D eigenvalue weighted by Gasteiger charge is -2.25. The molecule has 1 unspecified atom stereocenters. The van der Waals surface area contributed by atoms with Crippen molar-refractivity contribution < 1.29 is 9.18 Å². The molecule has 33 heavy (non-hydrogen) atoms. The zero-order valence-corrected chi connectivity index (χ0v) is 19.1. The molecule has 5 nitrogen and oxygen atoms in total. The van der Waals surface area contributed by atoms with Gasteiger partial charge >= 0.3 is 0 Å². The number of thiazole rings is 1. The Hall–Kier alpha value is -3.62. The molecule has 0 saturated heterocycles. The van der Waals surface area contributed by atoms with Crippen LogP contribution in [0.15, 0.2) is 92.5 Å². The summed E-state index contributed by atoms with van der Waals surface area (Å²) in [5.74, 6) is -0.747. The molecule has 1 N–H and O–H groups in total. The van der Waals surface area contributed by atoms with Crippen LogP contribution >= 0.6 is 22.7 Å². The van der Waals surface area contributed by atoms with Gasteiger partial charge in [0.15, 0.2) is 4.80 Å². The molecule has 164 valence electrons. The highest BCUT2D eigenvalue weighted by molar-refractivity contribution is 7.08. The van der Waals surface area contributed by atoms with Crippen LogP contribution in [0.25, 0.3) is 6.08 Å². The minimum atomic E-state index is -0.727. The first kappa shape index (κ1) is 21.2. The van der Waals surface area contributed by atoms with Crippen LogP contribution in [-0.4, -0.2) is 10.5 Å². The number of carbonyl (C=O) groups is 1. The van der Waals surface area contributed by atoms with Crippen molar-refractivity contribution in [3.8, 4) is 0 Å². The van der Waals surface area contributed by atoms with E-state index in [2.05, 4.69) is 10.3 Å². The number of hydrogen-bond donors (Lipinski definition) is 1. The van der Waals surface area contributed by atoms with Crippen LogP contribution in [0.2, 0.25) is 0 Å². The van der Waals surface area contributed by atoms with E-state index in [9.17, 15) is 14.0 Å². The van der Waals surface area contributed by atoms with Gasteiger partial charge < -0.3 is 5.32 Å². The third-order valence-electron chi connectivity index (χ3n) is 5.32. The number of allylic oxidation sites excluding steroid dienone is 1. The molecule has 0 bridgehead atoms. The lowest BCUT2D eigenvalue weighted by atomic mass is 9.95. The fourth-order valence-electron chi connectivity index (χ4n) is 3.80. The van der Waals surface area contributed by atoms with Crippen LogP contribution in [0.4, 0.5) is 10.1 Å². The Kier molecular flexibility index (Phi) is 5.62. The lowest BCUT2D eigenvalue weighted by molar-refractivity contribution is -0.113. The first-order valence-electron chi connectivity index (χ1n) is 10.2. The Bertz CT molecular complexity index is 1530. The van der Waals surface area contributed by atoms with Gasteiger partial charge in [-0.25, -0.2) is 9.38 Å². The Morgan fingerprint density at radius 2 is 1.88 bits per heavy atom. The molecule has 0 spiro atoms. The fraction of sp³-hybridized carbons (Fsp3) is 0.0800. The number of anilines is 1. The van der Waals surface area contributed by atoms with Gasteiger partial charge in [-0.1, -0.05) is 41.7 Å². The number of aromatic nitrogens is 1. The molecule has 0 aliphatic carbocycles. The van der Waals surface area contributed by atoms with Gasteiger partial charge in [0.25, 0.3) is 11.5 Å². The molecular weight excluding hydrogens is 457 g/mol. The van der Waals surface area contributed by atoms with Crippen LogP contribution in [0.3, 0.4) is 0 Å². The van der Waals surface area contributed by atoms with Gasteiger partial charge in [-0.2, -0.15) is 11.3 Å². The molecule has 4 aromatic rings. The highest BCUT2D eigenvalue weighted by Crippen LogP contribution is 2.30. The third-order valence-corrected chi connectivity index (χ3v) is 7.01. The van der Waals surface area contributed by atoms with Crippen molar-refractivity contribution in [3.05, 3.63) is 119 Å². The minimum Gasteiger partial charge on any atom is -0.322 e. The average Bonchev–Trinajstić information content (AvgIpc) is 3.42. The number of benzene rings is 2. The number of rotatable bonds is 4. The first-order valence-corrected chi connectivity index (χ1v) is 11.9. The van der Waals surface area contributed by atoms with Crippen LogP contribution in [-0.2, 0) is 4.79 Å². The van der Waals surface area contributed by atoms with Crippen LogP contribution in [0, 0.1) is 5.82 Å². The Balaban J connectivity index is 1.68. The number of nitrogens with zero attached hydrogens (tertiary/aromatic N) is 2. The zero-order chi connectivity index (χ0) is 22.9. The third kappa shape index (κ3) is 4.10. The summed E-state index contributed by atoms with van der Waals surface area (Å²) < 4.78 is 15.7. The van der Waals surface area contributed by atoms with Gasteiger partial charge in [-0.15, -0.1) is 0 Å². The molecule has 0 saturated carbocycles. The first-order chi connectivity index (χ1) is 16.0. The summed E-state index contributed by atoms with van der Waals surface area (Å²) in [5.41, 5.74) is 2.82. The predicted octanol–water partition coefficient (Wildman–Crippen LogP) is 4.07. The number of para-hydroxylation sites is 1. The summed E-state index contributed by atoms with van der Waals surface area (Å²) in [5, 5.41) is 6.80. The monoisotopic (exact) mass is 475 g/mol. The molecule has 2 aromatic carbocycles. The van der Waals surface area contributed by atoms with E-state index in [1.807, 2.05) is 41.1 Å². The summed E-state index contributed by atoms with van der Waals surface area (Å²) in [6.07, 6.45) is 1.82. The smallest absolute Gasteiger partial charge is 0.271 e. The van der Waals surface area contributed by atoms with Gasteiger partial charge in [-0.3, -0.25) is 14.2 Å². The molecule has 1 amide bonds. The van der Waals surface area contributed by atoms with Crippen LogP contribution in [0.5, 0.6) is 0 Å². The second-order valence-corrected chi connectivity index (χ2v) is 9.30.